The van der Waals surface area contributed by atoms with Crippen LogP contribution in [0.25, 0.3) is 0 Å². The van der Waals surface area contributed by atoms with E-state index in [0.717, 1.165) is 0 Å². The second-order valence-electron chi connectivity index (χ2n) is 3.07. The summed E-state index contributed by atoms with van der Waals surface area (Å²) in [6.45, 7) is 10.5. The van der Waals surface area contributed by atoms with Crippen molar-refractivity contribution in [3.63, 3.8) is 0 Å². The highest BCUT2D eigenvalue weighted by Crippen LogP contribution is 2.13. The van der Waals surface area contributed by atoms with Gasteiger partial charge in [0.05, 0.1) is 0 Å². The van der Waals surface area contributed by atoms with E-state index in [2.05, 4.69) is 45.0 Å². The fourth-order valence-corrected chi connectivity index (χ4v) is 0.951. The zero-order chi connectivity index (χ0) is 9.56. The van der Waals surface area contributed by atoms with Crippen LogP contribution in [0.3, 0.4) is 0 Å². The molecule has 0 unspecified atom stereocenters. The first kappa shape index (κ1) is 11.2. The molecule has 0 heteroatoms. The highest BCUT2D eigenvalue weighted by atomic mass is 14.0. The van der Waals surface area contributed by atoms with Crippen LogP contribution in [0, 0.1) is 6.92 Å². The molecule has 0 saturated heterocycles. The molecule has 0 atom stereocenters. The van der Waals surface area contributed by atoms with Crippen molar-refractivity contribution < 1.29 is 0 Å². The van der Waals surface area contributed by atoms with E-state index in [4.69, 9.17) is 0 Å². The Kier molecular flexibility index (Phi) is 5.44. The molecule has 0 N–H and O–H groups in total. The minimum absolute atomic E-state index is 0.653. The lowest BCUT2D eigenvalue weighted by molar-refractivity contribution is 0.866. The maximum absolute atomic E-state index is 2.21. The van der Waals surface area contributed by atoms with Crippen molar-refractivity contribution in [2.75, 3.05) is 0 Å². The Morgan fingerprint density at radius 1 is 0.917 bits per heavy atom. The summed E-state index contributed by atoms with van der Waals surface area (Å²) in [7, 11) is 0. The molecule has 0 saturated carbocycles. The van der Waals surface area contributed by atoms with Crippen molar-refractivity contribution in [1.82, 2.24) is 0 Å². The summed E-state index contributed by atoms with van der Waals surface area (Å²) in [6.07, 6.45) is 0. The van der Waals surface area contributed by atoms with E-state index in [0.29, 0.717) is 5.92 Å². The first-order chi connectivity index (χ1) is 5.70. The Bertz CT molecular complexity index is 194. The molecule has 12 heavy (non-hydrogen) atoms. The van der Waals surface area contributed by atoms with Crippen molar-refractivity contribution in [1.29, 1.82) is 0 Å². The van der Waals surface area contributed by atoms with E-state index in [9.17, 15) is 0 Å². The van der Waals surface area contributed by atoms with Gasteiger partial charge in [0.1, 0.15) is 0 Å². The number of hydrogen-bond donors (Lipinski definition) is 0. The zero-order valence-electron chi connectivity index (χ0n) is 8.89. The summed E-state index contributed by atoms with van der Waals surface area (Å²) in [4.78, 5) is 0. The van der Waals surface area contributed by atoms with Crippen molar-refractivity contribution in [3.05, 3.63) is 35.4 Å². The maximum atomic E-state index is 2.21. The number of benzene rings is 1. The average molecular weight is 164 g/mol. The predicted molar refractivity (Wildman–Crippen MR) is 56.6 cm³/mol. The molecule has 0 aromatic heterocycles. The first-order valence-electron chi connectivity index (χ1n) is 4.76. The summed E-state index contributed by atoms with van der Waals surface area (Å²) < 4.78 is 0. The quantitative estimate of drug-likeness (QED) is 0.585. The van der Waals surface area contributed by atoms with Crippen LogP contribution in [0.15, 0.2) is 24.3 Å². The van der Waals surface area contributed by atoms with E-state index in [1.807, 2.05) is 13.8 Å². The third-order valence-electron chi connectivity index (χ3n) is 1.74. The van der Waals surface area contributed by atoms with Gasteiger partial charge in [-0.3, -0.25) is 0 Å². The Morgan fingerprint density at radius 2 is 1.33 bits per heavy atom. The lowest BCUT2D eigenvalue weighted by Gasteiger charge is -2.03. The highest BCUT2D eigenvalue weighted by Gasteiger charge is 1.95. The number of rotatable bonds is 1. The van der Waals surface area contributed by atoms with Gasteiger partial charge in [-0.1, -0.05) is 57.5 Å². The van der Waals surface area contributed by atoms with Crippen LogP contribution in [-0.4, -0.2) is 0 Å². The van der Waals surface area contributed by atoms with Crippen LogP contribution in [0.1, 0.15) is 44.7 Å². The topological polar surface area (TPSA) is 0 Å². The van der Waals surface area contributed by atoms with Crippen molar-refractivity contribution in [2.24, 2.45) is 0 Å². The Morgan fingerprint density at radius 3 is 1.67 bits per heavy atom. The average Bonchev–Trinajstić information content (AvgIpc) is 2.09. The molecule has 0 fully saturated rings. The zero-order valence-corrected chi connectivity index (χ0v) is 8.89. The van der Waals surface area contributed by atoms with Gasteiger partial charge in [-0.2, -0.15) is 0 Å². The molecule has 0 radical (unpaired) electrons. The molecule has 0 aliphatic carbocycles. The molecule has 1 aromatic rings. The van der Waals surface area contributed by atoms with E-state index in [1.165, 1.54) is 11.1 Å². The second-order valence-corrected chi connectivity index (χ2v) is 3.07. The fourth-order valence-electron chi connectivity index (χ4n) is 0.951. The molecule has 0 aliphatic rings. The smallest absolute Gasteiger partial charge is 0.0219 e. The van der Waals surface area contributed by atoms with Crippen LogP contribution >= 0.6 is 0 Å². The molecule has 0 aliphatic heterocycles. The summed E-state index contributed by atoms with van der Waals surface area (Å²) >= 11 is 0. The van der Waals surface area contributed by atoms with Gasteiger partial charge >= 0.3 is 0 Å². The lowest BCUT2D eigenvalue weighted by Crippen LogP contribution is -1.85. The van der Waals surface area contributed by atoms with Gasteiger partial charge in [-0.05, 0) is 18.4 Å². The molecular formula is C12H20. The van der Waals surface area contributed by atoms with Gasteiger partial charge in [-0.15, -0.1) is 0 Å². The lowest BCUT2D eigenvalue weighted by atomic mass is 10.0. The SMILES string of the molecule is CC.Cc1ccc(C(C)C)cc1. The third kappa shape index (κ3) is 3.56. The van der Waals surface area contributed by atoms with Gasteiger partial charge < -0.3 is 0 Å². The number of aryl methyl sites for hydroxylation is 1. The predicted octanol–water partition coefficient (Wildman–Crippen LogP) is 4.14. The van der Waals surface area contributed by atoms with Crippen molar-refractivity contribution in [3.8, 4) is 0 Å². The Labute approximate surface area is 76.6 Å². The largest absolute Gasteiger partial charge is 0.0683 e. The summed E-state index contributed by atoms with van der Waals surface area (Å²) in [6, 6.07) is 8.71. The summed E-state index contributed by atoms with van der Waals surface area (Å²) in [5.74, 6) is 0.653. The summed E-state index contributed by atoms with van der Waals surface area (Å²) in [5, 5.41) is 0. The van der Waals surface area contributed by atoms with Crippen LogP contribution < -0.4 is 0 Å². The first-order valence-corrected chi connectivity index (χ1v) is 4.76. The van der Waals surface area contributed by atoms with E-state index in [-0.39, 0.29) is 0 Å². The molecule has 0 bridgehead atoms. The Balaban J connectivity index is 0.000000561. The summed E-state index contributed by atoms with van der Waals surface area (Å²) in [5.41, 5.74) is 2.76. The van der Waals surface area contributed by atoms with Gasteiger partial charge in [0, 0.05) is 0 Å². The molecule has 0 spiro atoms. The van der Waals surface area contributed by atoms with Gasteiger partial charge in [-0.25, -0.2) is 0 Å². The molecular weight excluding hydrogens is 144 g/mol. The minimum atomic E-state index is 0.653. The van der Waals surface area contributed by atoms with E-state index in [1.54, 1.807) is 0 Å². The van der Waals surface area contributed by atoms with E-state index >= 15 is 0 Å². The van der Waals surface area contributed by atoms with Crippen LogP contribution in [0.2, 0.25) is 0 Å². The van der Waals surface area contributed by atoms with Crippen LogP contribution in [0.5, 0.6) is 0 Å². The van der Waals surface area contributed by atoms with Crippen molar-refractivity contribution >= 4 is 0 Å². The van der Waals surface area contributed by atoms with Gasteiger partial charge in [0.2, 0.25) is 0 Å². The van der Waals surface area contributed by atoms with Crippen LogP contribution in [0.4, 0.5) is 0 Å². The third-order valence-corrected chi connectivity index (χ3v) is 1.74. The molecule has 0 amide bonds. The number of hydrogen-bond acceptors (Lipinski definition) is 0. The normalized spacial score (nSPS) is 9.17. The maximum Gasteiger partial charge on any atom is -0.0219 e. The monoisotopic (exact) mass is 164 g/mol. The highest BCUT2D eigenvalue weighted by molar-refractivity contribution is 5.23. The van der Waals surface area contributed by atoms with Crippen molar-refractivity contribution in [2.45, 2.75) is 40.5 Å². The molecule has 0 heterocycles. The van der Waals surface area contributed by atoms with Gasteiger partial charge in [0.25, 0.3) is 0 Å². The molecule has 0 nitrogen and oxygen atoms in total. The second kappa shape index (κ2) is 5.82. The van der Waals surface area contributed by atoms with E-state index < -0.39 is 0 Å². The molecule has 68 valence electrons. The van der Waals surface area contributed by atoms with Crippen LogP contribution in [-0.2, 0) is 0 Å². The minimum Gasteiger partial charge on any atom is -0.0683 e. The fraction of sp³-hybridized carbons (Fsp3) is 0.500. The molecule has 1 rings (SSSR count). The Hall–Kier alpha value is -0.780. The standard InChI is InChI=1S/C10H14.C2H6/c1-8(2)10-6-4-9(3)5-7-10;1-2/h4-8H,1-3H3;1-2H3. The van der Waals surface area contributed by atoms with Gasteiger partial charge in [0.15, 0.2) is 0 Å². The molecule has 1 aromatic carbocycles.